The SMILES string of the molecule is CC(=O)[C@]1(O)CC[C@@]2(C)[C@@H](CC[C@@H]3[C@@H]2CC[C@@]2(C)[C@H]3CCC23OCCO3)C1. The number of aliphatic hydroxyl groups is 1. The number of ether oxygens (including phenoxy) is 2. The van der Waals surface area contributed by atoms with Crippen molar-refractivity contribution in [1.82, 2.24) is 0 Å². The molecule has 0 bridgehead atoms. The number of rotatable bonds is 1. The molecule has 4 heteroatoms. The number of Topliss-reactive ketones (excluding diaryl/α,β-unsaturated/α-hetero) is 1. The Bertz CT molecular complexity index is 640. The van der Waals surface area contributed by atoms with Crippen LogP contribution >= 0.6 is 0 Å². The van der Waals surface area contributed by atoms with E-state index in [0.29, 0.717) is 24.7 Å². The highest BCUT2D eigenvalue weighted by Crippen LogP contribution is 2.69. The molecule has 0 unspecified atom stereocenters. The van der Waals surface area contributed by atoms with Gasteiger partial charge in [0.2, 0.25) is 0 Å². The minimum Gasteiger partial charge on any atom is -0.382 e. The van der Waals surface area contributed by atoms with Crippen LogP contribution in [0.15, 0.2) is 0 Å². The molecule has 7 atom stereocenters. The molecule has 1 aliphatic heterocycles. The number of ketones is 1. The molecule has 0 aromatic rings. The Balaban J connectivity index is 1.42. The topological polar surface area (TPSA) is 55.8 Å². The molecule has 1 N–H and O–H groups in total. The Kier molecular flexibility index (Phi) is 3.99. The van der Waals surface area contributed by atoms with Crippen LogP contribution in [0.3, 0.4) is 0 Å². The molecule has 1 saturated heterocycles. The van der Waals surface area contributed by atoms with Crippen LogP contribution in [0.25, 0.3) is 0 Å². The summed E-state index contributed by atoms with van der Waals surface area (Å²) in [5, 5.41) is 10.8. The molecular weight excluding hydrogens is 340 g/mol. The first-order valence-electron chi connectivity index (χ1n) is 11.3. The standard InChI is InChI=1S/C23H36O4/c1-15(24)22(25)11-10-20(2)16(14-22)4-5-17-18(20)6-8-21(3)19(17)7-9-23(21)26-12-13-27-23/h16-19,25H,4-14H2,1-3H3/t16-,17+,18-,19-,20-,21-,22-/m0/s1. The van der Waals surface area contributed by atoms with E-state index in [9.17, 15) is 9.90 Å². The maximum Gasteiger partial charge on any atom is 0.174 e. The molecule has 5 aliphatic rings. The lowest BCUT2D eigenvalue weighted by atomic mass is 9.44. The Hall–Kier alpha value is -0.450. The molecule has 0 radical (unpaired) electrons. The van der Waals surface area contributed by atoms with Gasteiger partial charge in [-0.1, -0.05) is 13.8 Å². The van der Waals surface area contributed by atoms with Crippen molar-refractivity contribution >= 4 is 5.78 Å². The van der Waals surface area contributed by atoms with Gasteiger partial charge in [-0.3, -0.25) is 4.79 Å². The van der Waals surface area contributed by atoms with Crippen molar-refractivity contribution in [2.45, 2.75) is 89.9 Å². The molecule has 0 aromatic carbocycles. The Morgan fingerprint density at radius 1 is 0.926 bits per heavy atom. The van der Waals surface area contributed by atoms with E-state index in [1.807, 2.05) is 0 Å². The summed E-state index contributed by atoms with van der Waals surface area (Å²) < 4.78 is 12.5. The third-order valence-corrected chi connectivity index (χ3v) is 10.2. The quantitative estimate of drug-likeness (QED) is 0.749. The van der Waals surface area contributed by atoms with Gasteiger partial charge >= 0.3 is 0 Å². The number of carbonyl (C=O) groups excluding carboxylic acids is 1. The van der Waals surface area contributed by atoms with E-state index in [-0.39, 0.29) is 22.4 Å². The van der Waals surface area contributed by atoms with E-state index in [1.54, 1.807) is 6.92 Å². The van der Waals surface area contributed by atoms with Crippen LogP contribution in [0.4, 0.5) is 0 Å². The minimum atomic E-state index is -1.07. The summed E-state index contributed by atoms with van der Waals surface area (Å²) in [7, 11) is 0. The van der Waals surface area contributed by atoms with Crippen molar-refractivity contribution in [2.75, 3.05) is 13.2 Å². The van der Waals surface area contributed by atoms with E-state index >= 15 is 0 Å². The minimum absolute atomic E-state index is 0.0313. The summed E-state index contributed by atoms with van der Waals surface area (Å²) in [6.07, 6.45) is 9.46. The summed E-state index contributed by atoms with van der Waals surface area (Å²) in [4.78, 5) is 12.0. The van der Waals surface area contributed by atoms with Crippen molar-refractivity contribution in [3.63, 3.8) is 0 Å². The summed E-state index contributed by atoms with van der Waals surface area (Å²) in [5.41, 5.74) is -0.634. The second kappa shape index (κ2) is 5.79. The van der Waals surface area contributed by atoms with Crippen molar-refractivity contribution in [3.05, 3.63) is 0 Å². The fourth-order valence-electron chi connectivity index (χ4n) is 8.45. The second-order valence-electron chi connectivity index (χ2n) is 10.9. The van der Waals surface area contributed by atoms with Crippen molar-refractivity contribution < 1.29 is 19.4 Å². The maximum absolute atomic E-state index is 12.0. The first-order valence-corrected chi connectivity index (χ1v) is 11.3. The largest absolute Gasteiger partial charge is 0.382 e. The lowest BCUT2D eigenvalue weighted by molar-refractivity contribution is -0.248. The lowest BCUT2D eigenvalue weighted by Gasteiger charge is -2.62. The molecule has 4 nitrogen and oxygen atoms in total. The maximum atomic E-state index is 12.0. The van der Waals surface area contributed by atoms with Crippen molar-refractivity contribution in [1.29, 1.82) is 0 Å². The zero-order valence-electron chi connectivity index (χ0n) is 17.3. The summed E-state index contributed by atoms with van der Waals surface area (Å²) in [6.45, 7) is 7.99. The average Bonchev–Trinajstić information content (AvgIpc) is 3.22. The van der Waals surface area contributed by atoms with Gasteiger partial charge < -0.3 is 14.6 Å². The molecule has 1 spiro atoms. The predicted octanol–water partition coefficient (Wildman–Crippen LogP) is 4.09. The third kappa shape index (κ3) is 2.30. The van der Waals surface area contributed by atoms with E-state index in [1.165, 1.54) is 25.7 Å². The second-order valence-corrected chi connectivity index (χ2v) is 10.9. The molecule has 0 amide bonds. The zero-order valence-corrected chi connectivity index (χ0v) is 17.3. The highest BCUT2D eigenvalue weighted by Gasteiger charge is 2.67. The van der Waals surface area contributed by atoms with Crippen LogP contribution in [0.5, 0.6) is 0 Å². The molecule has 152 valence electrons. The number of hydrogen-bond donors (Lipinski definition) is 1. The van der Waals surface area contributed by atoms with E-state index < -0.39 is 5.60 Å². The van der Waals surface area contributed by atoms with Gasteiger partial charge in [-0.05, 0) is 87.4 Å². The molecule has 4 saturated carbocycles. The Morgan fingerprint density at radius 2 is 1.63 bits per heavy atom. The summed E-state index contributed by atoms with van der Waals surface area (Å²) >= 11 is 0. The van der Waals surface area contributed by atoms with E-state index in [0.717, 1.165) is 44.3 Å². The molecule has 5 fully saturated rings. The van der Waals surface area contributed by atoms with Crippen LogP contribution < -0.4 is 0 Å². The van der Waals surface area contributed by atoms with Crippen LogP contribution in [-0.2, 0) is 14.3 Å². The van der Waals surface area contributed by atoms with Crippen molar-refractivity contribution in [3.8, 4) is 0 Å². The van der Waals surface area contributed by atoms with Gasteiger partial charge in [-0.2, -0.15) is 0 Å². The smallest absolute Gasteiger partial charge is 0.174 e. The highest BCUT2D eigenvalue weighted by molar-refractivity contribution is 5.84. The highest BCUT2D eigenvalue weighted by atomic mass is 16.7. The average molecular weight is 377 g/mol. The molecular formula is C23H36O4. The van der Waals surface area contributed by atoms with E-state index in [4.69, 9.17) is 9.47 Å². The first kappa shape index (κ1) is 18.6. The zero-order chi connectivity index (χ0) is 19.1. The molecule has 4 aliphatic carbocycles. The summed E-state index contributed by atoms with van der Waals surface area (Å²) in [5.74, 6) is 2.31. The Morgan fingerprint density at radius 3 is 2.33 bits per heavy atom. The van der Waals surface area contributed by atoms with Gasteiger partial charge in [0, 0.05) is 11.8 Å². The summed E-state index contributed by atoms with van der Waals surface area (Å²) in [6, 6.07) is 0. The van der Waals surface area contributed by atoms with Gasteiger partial charge in [0.1, 0.15) is 5.60 Å². The number of carbonyl (C=O) groups is 1. The molecule has 5 rings (SSSR count). The Labute approximate surface area is 163 Å². The van der Waals surface area contributed by atoms with Gasteiger partial charge in [-0.25, -0.2) is 0 Å². The number of fused-ring (bicyclic) bond motifs is 6. The molecule has 1 heterocycles. The van der Waals surface area contributed by atoms with Crippen molar-refractivity contribution in [2.24, 2.45) is 34.5 Å². The fraction of sp³-hybridized carbons (Fsp3) is 0.957. The normalized spacial score (nSPS) is 53.6. The fourth-order valence-corrected chi connectivity index (χ4v) is 8.45. The first-order chi connectivity index (χ1) is 12.7. The van der Waals surface area contributed by atoms with Crippen LogP contribution in [0.2, 0.25) is 0 Å². The van der Waals surface area contributed by atoms with Crippen LogP contribution in [0, 0.1) is 34.5 Å². The van der Waals surface area contributed by atoms with Crippen LogP contribution in [0.1, 0.15) is 78.6 Å². The number of hydrogen-bond acceptors (Lipinski definition) is 4. The lowest BCUT2D eigenvalue weighted by Crippen LogP contribution is -2.59. The van der Waals surface area contributed by atoms with Gasteiger partial charge in [0.25, 0.3) is 0 Å². The third-order valence-electron chi connectivity index (χ3n) is 10.2. The molecule has 27 heavy (non-hydrogen) atoms. The van der Waals surface area contributed by atoms with Gasteiger partial charge in [0.15, 0.2) is 11.6 Å². The van der Waals surface area contributed by atoms with E-state index in [2.05, 4.69) is 13.8 Å². The van der Waals surface area contributed by atoms with Gasteiger partial charge in [0.05, 0.1) is 13.2 Å². The molecule has 0 aromatic heterocycles. The van der Waals surface area contributed by atoms with Crippen LogP contribution in [-0.4, -0.2) is 35.5 Å². The van der Waals surface area contributed by atoms with Gasteiger partial charge in [-0.15, -0.1) is 0 Å². The predicted molar refractivity (Wildman–Crippen MR) is 102 cm³/mol. The monoisotopic (exact) mass is 376 g/mol.